The van der Waals surface area contributed by atoms with Gasteiger partial charge in [-0.25, -0.2) is 0 Å². The van der Waals surface area contributed by atoms with Crippen molar-refractivity contribution in [3.63, 3.8) is 0 Å². The molecule has 1 amide bonds. The molecule has 0 saturated heterocycles. The van der Waals surface area contributed by atoms with Crippen LogP contribution in [0, 0.1) is 10.1 Å². The highest BCUT2D eigenvalue weighted by Gasteiger charge is 2.20. The molecule has 0 aliphatic rings. The number of benzene rings is 2. The first-order valence-electron chi connectivity index (χ1n) is 7.72. The largest absolute Gasteiger partial charge is 0.316 e. The number of halogens is 2. The third-order valence-corrected chi connectivity index (χ3v) is 5.44. The van der Waals surface area contributed by atoms with Crippen molar-refractivity contribution in [3.05, 3.63) is 66.4 Å². The molecule has 3 aromatic rings. The summed E-state index contributed by atoms with van der Waals surface area (Å²) in [7, 11) is 0. The summed E-state index contributed by atoms with van der Waals surface area (Å²) in [6.45, 7) is 2.72. The van der Waals surface area contributed by atoms with E-state index in [1.165, 1.54) is 29.5 Å². The monoisotopic (exact) mass is 453 g/mol. The SMILES string of the molecule is CCCn1c(=NC(=O)c2cc(Cl)ccc2[N+](=O)[O-])sc2cc(Br)ccc21. The van der Waals surface area contributed by atoms with Crippen LogP contribution in [0.15, 0.2) is 45.9 Å². The van der Waals surface area contributed by atoms with E-state index in [2.05, 4.69) is 20.9 Å². The molecule has 26 heavy (non-hydrogen) atoms. The summed E-state index contributed by atoms with van der Waals surface area (Å²) in [5, 5.41) is 11.4. The Morgan fingerprint density at radius 2 is 2.12 bits per heavy atom. The quantitative estimate of drug-likeness (QED) is 0.402. The first-order valence-corrected chi connectivity index (χ1v) is 9.71. The number of carbonyl (C=O) groups is 1. The number of fused-ring (bicyclic) bond motifs is 1. The fourth-order valence-corrected chi connectivity index (χ4v) is 4.34. The van der Waals surface area contributed by atoms with Gasteiger partial charge in [-0.2, -0.15) is 4.99 Å². The fraction of sp³-hybridized carbons (Fsp3) is 0.176. The van der Waals surface area contributed by atoms with Crippen molar-refractivity contribution in [2.45, 2.75) is 19.9 Å². The van der Waals surface area contributed by atoms with E-state index in [9.17, 15) is 14.9 Å². The topological polar surface area (TPSA) is 77.5 Å². The number of rotatable bonds is 4. The fourth-order valence-electron chi connectivity index (χ4n) is 2.56. The van der Waals surface area contributed by atoms with E-state index in [0.29, 0.717) is 11.3 Å². The highest BCUT2D eigenvalue weighted by molar-refractivity contribution is 9.10. The molecule has 134 valence electrons. The minimum Gasteiger partial charge on any atom is -0.316 e. The van der Waals surface area contributed by atoms with Crippen LogP contribution in [0.3, 0.4) is 0 Å². The molecule has 0 aliphatic heterocycles. The lowest BCUT2D eigenvalue weighted by atomic mass is 10.2. The molecule has 9 heteroatoms. The van der Waals surface area contributed by atoms with E-state index >= 15 is 0 Å². The van der Waals surface area contributed by atoms with Gasteiger partial charge in [0.2, 0.25) is 0 Å². The maximum absolute atomic E-state index is 12.6. The second kappa shape index (κ2) is 7.69. The number of nitro groups is 1. The van der Waals surface area contributed by atoms with Crippen molar-refractivity contribution >= 4 is 60.7 Å². The molecule has 0 aliphatic carbocycles. The number of amides is 1. The molecule has 0 bridgehead atoms. The van der Waals surface area contributed by atoms with E-state index in [1.54, 1.807) is 0 Å². The lowest BCUT2D eigenvalue weighted by molar-refractivity contribution is -0.385. The van der Waals surface area contributed by atoms with Gasteiger partial charge < -0.3 is 4.57 Å². The third-order valence-electron chi connectivity index (χ3n) is 3.67. The predicted molar refractivity (Wildman–Crippen MR) is 106 cm³/mol. The number of carbonyl (C=O) groups excluding carboxylic acids is 1. The van der Waals surface area contributed by atoms with E-state index in [0.717, 1.165) is 21.1 Å². The van der Waals surface area contributed by atoms with Gasteiger partial charge in [0.15, 0.2) is 4.80 Å². The Bertz CT molecular complexity index is 1090. The molecule has 1 heterocycles. The average Bonchev–Trinajstić information content (AvgIpc) is 2.91. The molecule has 0 N–H and O–H groups in total. The summed E-state index contributed by atoms with van der Waals surface area (Å²) in [6, 6.07) is 9.71. The van der Waals surface area contributed by atoms with Crippen LogP contribution < -0.4 is 4.80 Å². The van der Waals surface area contributed by atoms with Crippen LogP contribution in [0.5, 0.6) is 0 Å². The zero-order chi connectivity index (χ0) is 18.8. The Kier molecular flexibility index (Phi) is 5.55. The summed E-state index contributed by atoms with van der Waals surface area (Å²) in [4.78, 5) is 27.9. The van der Waals surface area contributed by atoms with Gasteiger partial charge in [0.05, 0.1) is 15.1 Å². The lowest BCUT2D eigenvalue weighted by Crippen LogP contribution is -2.17. The summed E-state index contributed by atoms with van der Waals surface area (Å²) in [6.07, 6.45) is 0.862. The van der Waals surface area contributed by atoms with E-state index < -0.39 is 10.8 Å². The first-order chi connectivity index (χ1) is 12.4. The molecule has 2 aromatic carbocycles. The zero-order valence-electron chi connectivity index (χ0n) is 13.6. The Hall–Kier alpha value is -2.03. The second-order valence-electron chi connectivity index (χ2n) is 5.48. The maximum Gasteiger partial charge on any atom is 0.286 e. The Morgan fingerprint density at radius 3 is 2.81 bits per heavy atom. The van der Waals surface area contributed by atoms with E-state index in [1.807, 2.05) is 29.7 Å². The third kappa shape index (κ3) is 3.72. The summed E-state index contributed by atoms with van der Waals surface area (Å²) in [5.74, 6) is -0.685. The second-order valence-corrected chi connectivity index (χ2v) is 7.85. The molecule has 0 spiro atoms. The van der Waals surface area contributed by atoms with Gasteiger partial charge in [-0.05, 0) is 36.8 Å². The summed E-state index contributed by atoms with van der Waals surface area (Å²) in [5.41, 5.74) is 0.533. The number of hydrogen-bond donors (Lipinski definition) is 0. The average molecular weight is 455 g/mol. The number of thiazole rings is 1. The molecule has 0 saturated carbocycles. The van der Waals surface area contributed by atoms with E-state index in [-0.39, 0.29) is 16.3 Å². The standard InChI is InChI=1S/C17H13BrClN3O3S/c1-2-7-21-14-5-3-10(18)8-15(14)26-17(21)20-16(23)12-9-11(19)4-6-13(12)22(24)25/h3-6,8-9H,2,7H2,1H3. The number of aryl methyl sites for hydroxylation is 1. The van der Waals surface area contributed by atoms with Crippen molar-refractivity contribution in [2.24, 2.45) is 4.99 Å². The molecule has 3 rings (SSSR count). The van der Waals surface area contributed by atoms with Crippen molar-refractivity contribution in [3.8, 4) is 0 Å². The van der Waals surface area contributed by atoms with Crippen LogP contribution in [-0.2, 0) is 6.54 Å². The molecular weight excluding hydrogens is 442 g/mol. The van der Waals surface area contributed by atoms with Crippen LogP contribution in [0.2, 0.25) is 5.02 Å². The molecular formula is C17H13BrClN3O3S. The van der Waals surface area contributed by atoms with Gasteiger partial charge in [-0.1, -0.05) is 45.8 Å². The van der Waals surface area contributed by atoms with Crippen molar-refractivity contribution in [1.82, 2.24) is 4.57 Å². The number of hydrogen-bond acceptors (Lipinski definition) is 4. The van der Waals surface area contributed by atoms with Crippen molar-refractivity contribution in [2.75, 3.05) is 0 Å². The van der Waals surface area contributed by atoms with Gasteiger partial charge in [-0.3, -0.25) is 14.9 Å². The first kappa shape index (κ1) is 18.8. The predicted octanol–water partition coefficient (Wildman–Crippen LogP) is 5.18. The van der Waals surface area contributed by atoms with Gasteiger partial charge in [0.1, 0.15) is 5.56 Å². The summed E-state index contributed by atoms with van der Waals surface area (Å²) >= 11 is 10.7. The highest BCUT2D eigenvalue weighted by atomic mass is 79.9. The number of nitrogens with zero attached hydrogens (tertiary/aromatic N) is 3. The van der Waals surface area contributed by atoms with Crippen LogP contribution in [0.1, 0.15) is 23.7 Å². The number of nitro benzene ring substituents is 1. The van der Waals surface area contributed by atoms with E-state index in [4.69, 9.17) is 11.6 Å². The Balaban J connectivity index is 2.19. The van der Waals surface area contributed by atoms with Crippen molar-refractivity contribution < 1.29 is 9.72 Å². The summed E-state index contributed by atoms with van der Waals surface area (Å²) < 4.78 is 3.85. The smallest absolute Gasteiger partial charge is 0.286 e. The minimum atomic E-state index is -0.685. The van der Waals surface area contributed by atoms with Crippen LogP contribution >= 0.6 is 38.9 Å². The molecule has 0 fully saturated rings. The van der Waals surface area contributed by atoms with Gasteiger partial charge in [0.25, 0.3) is 11.6 Å². The molecule has 0 radical (unpaired) electrons. The number of aromatic nitrogens is 1. The van der Waals surface area contributed by atoms with Gasteiger partial charge in [-0.15, -0.1) is 0 Å². The molecule has 6 nitrogen and oxygen atoms in total. The normalized spacial score (nSPS) is 11.9. The maximum atomic E-state index is 12.6. The lowest BCUT2D eigenvalue weighted by Gasteiger charge is -2.03. The molecule has 0 unspecified atom stereocenters. The van der Waals surface area contributed by atoms with Crippen LogP contribution in [-0.4, -0.2) is 15.4 Å². The Labute approximate surface area is 166 Å². The highest BCUT2D eigenvalue weighted by Crippen LogP contribution is 2.25. The zero-order valence-corrected chi connectivity index (χ0v) is 16.8. The molecule has 0 atom stereocenters. The van der Waals surface area contributed by atoms with Crippen molar-refractivity contribution in [1.29, 1.82) is 0 Å². The van der Waals surface area contributed by atoms with Crippen LogP contribution in [0.4, 0.5) is 5.69 Å². The van der Waals surface area contributed by atoms with Gasteiger partial charge in [0, 0.05) is 22.1 Å². The Morgan fingerprint density at radius 1 is 1.35 bits per heavy atom. The minimum absolute atomic E-state index is 0.121. The van der Waals surface area contributed by atoms with Gasteiger partial charge >= 0.3 is 0 Å². The van der Waals surface area contributed by atoms with Crippen LogP contribution in [0.25, 0.3) is 10.2 Å². The molecule has 1 aromatic heterocycles.